The van der Waals surface area contributed by atoms with Crippen molar-refractivity contribution in [2.75, 3.05) is 17.0 Å². The summed E-state index contributed by atoms with van der Waals surface area (Å²) in [4.78, 5) is 59.0. The molecule has 1 aromatic heterocycles. The summed E-state index contributed by atoms with van der Waals surface area (Å²) in [5.74, 6) is -5.38. The van der Waals surface area contributed by atoms with Crippen LogP contribution in [0.5, 0.6) is 11.5 Å². The quantitative estimate of drug-likeness (QED) is 0.102. The molecule has 0 radical (unpaired) electrons. The number of benzene rings is 3. The number of amides is 4. The smallest absolute Gasteiger partial charge is 0.254 e. The van der Waals surface area contributed by atoms with Gasteiger partial charge in [-0.2, -0.15) is 0 Å². The first-order valence-electron chi connectivity index (χ1n) is 15.8. The number of aromatic nitrogens is 1. The number of fused-ring (bicyclic) bond motifs is 5. The molecule has 0 spiro atoms. The van der Waals surface area contributed by atoms with Gasteiger partial charge in [-0.3, -0.25) is 29.0 Å². The zero-order valence-electron chi connectivity index (χ0n) is 25.9. The summed E-state index contributed by atoms with van der Waals surface area (Å²) in [6, 6.07) is 19.1. The number of anilines is 1. The van der Waals surface area contributed by atoms with Crippen LogP contribution < -0.4 is 9.64 Å². The minimum absolute atomic E-state index is 0.147. The number of aromatic hydroxyl groups is 1. The van der Waals surface area contributed by atoms with Crippen LogP contribution in [0.2, 0.25) is 0 Å². The van der Waals surface area contributed by atoms with E-state index in [1.54, 1.807) is 49.4 Å². The first-order chi connectivity index (χ1) is 23.5. The minimum Gasteiger partial charge on any atom is -0.504 e. The van der Waals surface area contributed by atoms with Crippen molar-refractivity contribution in [3.05, 3.63) is 83.9 Å². The second-order valence-electron chi connectivity index (χ2n) is 12.7. The van der Waals surface area contributed by atoms with Crippen molar-refractivity contribution in [3.8, 4) is 23.0 Å². The van der Waals surface area contributed by atoms with Crippen LogP contribution in [0, 0.1) is 17.8 Å². The summed E-state index contributed by atoms with van der Waals surface area (Å²) in [6.07, 6.45) is 1.85. The lowest BCUT2D eigenvalue weighted by Gasteiger charge is -2.50. The van der Waals surface area contributed by atoms with E-state index in [1.165, 1.54) is 4.90 Å². The molecule has 6 atom stereocenters. The Hall–Kier alpha value is -4.19. The van der Waals surface area contributed by atoms with Gasteiger partial charge in [0.2, 0.25) is 17.7 Å². The molecular weight excluding hydrogens is 737 g/mol. The maximum absolute atomic E-state index is 14.4. The number of phenolic OH excluding ortho intramolecular Hbond substituents is 1. The zero-order chi connectivity index (χ0) is 34.4. The average Bonchev–Trinajstić information content (AvgIpc) is 3.69. The Morgan fingerprint density at radius 1 is 0.980 bits per heavy atom. The third kappa shape index (κ3) is 4.34. The molecule has 4 amide bonds. The van der Waals surface area contributed by atoms with Gasteiger partial charge in [0.15, 0.2) is 26.8 Å². The number of para-hydroxylation sites is 3. The second kappa shape index (κ2) is 11.4. The molecule has 4 aromatic rings. The molecule has 3 fully saturated rings. The molecule has 250 valence electrons. The number of allylic oxidation sites excluding steroid dienone is 2. The lowest BCUT2D eigenvalue weighted by atomic mass is 9.56. The van der Waals surface area contributed by atoms with E-state index in [4.69, 9.17) is 32.4 Å². The Bertz CT molecular complexity index is 2090. The minimum atomic E-state index is -2.04. The lowest BCUT2D eigenvalue weighted by molar-refractivity contribution is -0.138. The van der Waals surface area contributed by atoms with Crippen molar-refractivity contribution in [2.24, 2.45) is 17.8 Å². The number of carbonyl (C=O) groups excluding carboxylic acids is 4. The van der Waals surface area contributed by atoms with Crippen LogP contribution in [0.25, 0.3) is 22.6 Å². The Morgan fingerprint density at radius 3 is 2.45 bits per heavy atom. The first-order valence-corrected chi connectivity index (χ1v) is 17.7. The number of likely N-dealkylation sites (tertiary alicyclic amines) is 1. The Kier molecular flexibility index (Phi) is 7.47. The van der Waals surface area contributed by atoms with E-state index in [2.05, 4.69) is 20.9 Å². The van der Waals surface area contributed by atoms with E-state index >= 15 is 0 Å². The van der Waals surface area contributed by atoms with Gasteiger partial charge >= 0.3 is 0 Å². The van der Waals surface area contributed by atoms with Crippen molar-refractivity contribution < 1.29 is 33.4 Å². The number of ether oxygens (including phenoxy) is 1. The van der Waals surface area contributed by atoms with Gasteiger partial charge in [-0.1, -0.05) is 51.8 Å². The summed E-state index contributed by atoms with van der Waals surface area (Å²) in [5, 5.41) is 11.5. The fraction of sp³-hybridized carbons (Fsp3) is 0.306. The number of oxazole rings is 1. The standard InChI is InChI=1S/C36H28BrCl2N3O7/c1-2-48-26-9-5-6-22(29(26)43)28-20-14-15-21-27(23(20)16-35(38)33(46)41(17-37)34(47)36(28,35)39)32(45)42(31(21)44)19-12-10-18(11-13-19)30-40-24-7-3-4-8-25(24)49-30/h3-14,21,23,27-28,43H,2,15-17H2,1H3/t21-,23+,27-,28+,35+,36-/m0/s1. The Labute approximate surface area is 298 Å². The number of rotatable bonds is 6. The van der Waals surface area contributed by atoms with Gasteiger partial charge < -0.3 is 14.3 Å². The molecule has 2 aliphatic heterocycles. The lowest BCUT2D eigenvalue weighted by Crippen LogP contribution is -2.60. The summed E-state index contributed by atoms with van der Waals surface area (Å²) in [6.45, 7) is 2.03. The first kappa shape index (κ1) is 32.0. The zero-order valence-corrected chi connectivity index (χ0v) is 29.0. The topological polar surface area (TPSA) is 130 Å². The van der Waals surface area contributed by atoms with Gasteiger partial charge in [0.1, 0.15) is 5.52 Å². The third-order valence-electron chi connectivity index (χ3n) is 10.3. The monoisotopic (exact) mass is 763 g/mol. The summed E-state index contributed by atoms with van der Waals surface area (Å²) >= 11 is 17.8. The number of halogens is 3. The van der Waals surface area contributed by atoms with Crippen LogP contribution in [0.4, 0.5) is 5.69 Å². The fourth-order valence-corrected chi connectivity index (χ4v) is 9.56. The van der Waals surface area contributed by atoms with Crippen molar-refractivity contribution in [1.82, 2.24) is 9.88 Å². The molecule has 8 rings (SSSR count). The highest BCUT2D eigenvalue weighted by Crippen LogP contribution is 2.66. The number of alkyl halides is 3. The second-order valence-corrected chi connectivity index (χ2v) is 14.4. The van der Waals surface area contributed by atoms with Gasteiger partial charge in [0.05, 0.1) is 29.6 Å². The largest absolute Gasteiger partial charge is 0.504 e. The predicted molar refractivity (Wildman–Crippen MR) is 185 cm³/mol. The number of hydrogen-bond donors (Lipinski definition) is 1. The number of nitrogens with zero attached hydrogens (tertiary/aromatic N) is 3. The van der Waals surface area contributed by atoms with Gasteiger partial charge in [-0.15, -0.1) is 23.2 Å². The molecule has 3 aromatic carbocycles. The number of carbonyl (C=O) groups is 4. The molecule has 13 heteroatoms. The molecule has 2 saturated heterocycles. The molecule has 49 heavy (non-hydrogen) atoms. The summed E-state index contributed by atoms with van der Waals surface area (Å²) < 4.78 is 11.5. The Morgan fingerprint density at radius 2 is 1.73 bits per heavy atom. The van der Waals surface area contributed by atoms with Gasteiger partial charge in [0.25, 0.3) is 11.8 Å². The molecule has 10 nitrogen and oxygen atoms in total. The Balaban J connectivity index is 1.20. The van der Waals surface area contributed by atoms with Crippen molar-refractivity contribution in [2.45, 2.75) is 35.4 Å². The van der Waals surface area contributed by atoms with Gasteiger partial charge in [0, 0.05) is 17.0 Å². The third-order valence-corrected chi connectivity index (χ3v) is 12.2. The molecule has 3 heterocycles. The molecule has 1 N–H and O–H groups in total. The molecule has 0 bridgehead atoms. The molecule has 2 aliphatic carbocycles. The summed E-state index contributed by atoms with van der Waals surface area (Å²) in [7, 11) is 0. The van der Waals surface area contributed by atoms with E-state index in [0.29, 0.717) is 33.8 Å². The normalized spacial score (nSPS) is 29.3. The molecule has 0 unspecified atom stereocenters. The van der Waals surface area contributed by atoms with E-state index in [0.717, 1.165) is 4.90 Å². The van der Waals surface area contributed by atoms with E-state index in [-0.39, 0.29) is 47.9 Å². The number of imide groups is 2. The number of phenols is 1. The SMILES string of the molecule is CCOc1cccc([C@H]2C3=CC[C@@H]4C(=O)N(c5ccc(-c6nc7ccccc7o6)cc5)C(=O)[C@@H]4[C@@H]3C[C@@]3(Cl)C(=O)N(CBr)C(=O)[C@@]23Cl)c1O. The highest BCUT2D eigenvalue weighted by Gasteiger charge is 2.76. The van der Waals surface area contributed by atoms with Crippen LogP contribution in [-0.2, 0) is 19.2 Å². The van der Waals surface area contributed by atoms with E-state index in [9.17, 15) is 24.3 Å². The van der Waals surface area contributed by atoms with Crippen molar-refractivity contribution >= 4 is 79.5 Å². The van der Waals surface area contributed by atoms with Crippen LogP contribution in [0.3, 0.4) is 0 Å². The maximum Gasteiger partial charge on any atom is 0.254 e. The van der Waals surface area contributed by atoms with Crippen molar-refractivity contribution in [3.63, 3.8) is 0 Å². The van der Waals surface area contributed by atoms with Crippen LogP contribution >= 0.6 is 39.1 Å². The molecular formula is C36H28BrCl2N3O7. The average molecular weight is 765 g/mol. The highest BCUT2D eigenvalue weighted by atomic mass is 79.9. The van der Waals surface area contributed by atoms with Gasteiger partial charge in [-0.25, -0.2) is 4.98 Å². The van der Waals surface area contributed by atoms with Gasteiger partial charge in [-0.05, 0) is 68.1 Å². The van der Waals surface area contributed by atoms with E-state index in [1.807, 2.05) is 30.3 Å². The summed E-state index contributed by atoms with van der Waals surface area (Å²) in [5.41, 5.74) is 3.07. The maximum atomic E-state index is 14.4. The van der Waals surface area contributed by atoms with E-state index < -0.39 is 51.1 Å². The fourth-order valence-electron chi connectivity index (χ4n) is 8.15. The van der Waals surface area contributed by atoms with Crippen molar-refractivity contribution in [1.29, 1.82) is 0 Å². The number of hydrogen-bond acceptors (Lipinski definition) is 8. The molecule has 4 aliphatic rings. The predicted octanol–water partition coefficient (Wildman–Crippen LogP) is 6.51. The molecule has 1 saturated carbocycles. The van der Waals surface area contributed by atoms with Crippen LogP contribution in [-0.4, -0.2) is 60.4 Å². The van der Waals surface area contributed by atoms with Crippen LogP contribution in [0.1, 0.15) is 31.2 Å². The van der Waals surface area contributed by atoms with Crippen LogP contribution in [0.15, 0.2) is 82.8 Å². The highest BCUT2D eigenvalue weighted by molar-refractivity contribution is 9.09.